The molecule has 1 rings (SSSR count). The van der Waals surface area contributed by atoms with E-state index >= 15 is 0 Å². The van der Waals surface area contributed by atoms with E-state index in [0.29, 0.717) is 6.04 Å². The highest BCUT2D eigenvalue weighted by molar-refractivity contribution is 5.68. The molecule has 4 nitrogen and oxygen atoms in total. The minimum Gasteiger partial charge on any atom is -0.497 e. The van der Waals surface area contributed by atoms with Gasteiger partial charge < -0.3 is 20.7 Å². The van der Waals surface area contributed by atoms with Gasteiger partial charge in [-0.3, -0.25) is 0 Å². The molecule has 0 aromatic heterocycles. The van der Waals surface area contributed by atoms with Crippen LogP contribution in [0.15, 0.2) is 18.2 Å². The summed E-state index contributed by atoms with van der Waals surface area (Å²) in [7, 11) is 1.67. The average Bonchev–Trinajstić information content (AvgIpc) is 2.46. The van der Waals surface area contributed by atoms with Crippen molar-refractivity contribution in [3.05, 3.63) is 18.2 Å². The predicted octanol–water partition coefficient (Wildman–Crippen LogP) is 3.20. The maximum absolute atomic E-state index is 5.99. The second kappa shape index (κ2) is 8.69. The summed E-state index contributed by atoms with van der Waals surface area (Å²) in [4.78, 5) is 2.45. The molecular formula is C16H29N3O. The lowest BCUT2D eigenvalue weighted by Gasteiger charge is -2.21. The third-order valence-corrected chi connectivity index (χ3v) is 3.67. The van der Waals surface area contributed by atoms with E-state index in [9.17, 15) is 0 Å². The number of hydrogen-bond donors (Lipinski definition) is 2. The molecule has 4 heteroatoms. The highest BCUT2D eigenvalue weighted by Gasteiger charge is 2.07. The van der Waals surface area contributed by atoms with Crippen molar-refractivity contribution in [3.8, 4) is 5.75 Å². The van der Waals surface area contributed by atoms with Crippen molar-refractivity contribution in [2.24, 2.45) is 0 Å². The topological polar surface area (TPSA) is 50.5 Å². The van der Waals surface area contributed by atoms with E-state index in [2.05, 4.69) is 31.0 Å². The lowest BCUT2D eigenvalue weighted by atomic mass is 10.1. The second-order valence-corrected chi connectivity index (χ2v) is 5.17. The molecule has 1 aromatic carbocycles. The Hall–Kier alpha value is -1.42. The van der Waals surface area contributed by atoms with E-state index in [-0.39, 0.29) is 0 Å². The second-order valence-electron chi connectivity index (χ2n) is 5.17. The molecule has 20 heavy (non-hydrogen) atoms. The van der Waals surface area contributed by atoms with Crippen molar-refractivity contribution in [2.75, 3.05) is 37.8 Å². The van der Waals surface area contributed by atoms with Gasteiger partial charge in [-0.05, 0) is 51.5 Å². The number of nitrogens with two attached hydrogens (primary N) is 1. The van der Waals surface area contributed by atoms with E-state index in [4.69, 9.17) is 10.5 Å². The molecule has 0 radical (unpaired) electrons. The Kier molecular flexibility index (Phi) is 7.23. The van der Waals surface area contributed by atoms with E-state index in [1.165, 1.54) is 6.42 Å². The third-order valence-electron chi connectivity index (χ3n) is 3.67. The number of benzene rings is 1. The molecule has 0 saturated carbocycles. The Labute approximate surface area is 123 Å². The Bertz CT molecular complexity index is 391. The number of hydrogen-bond acceptors (Lipinski definition) is 4. The van der Waals surface area contributed by atoms with E-state index in [0.717, 1.165) is 43.2 Å². The molecule has 0 saturated heterocycles. The lowest BCUT2D eigenvalue weighted by molar-refractivity contribution is 0.295. The van der Waals surface area contributed by atoms with Crippen molar-refractivity contribution in [2.45, 2.75) is 39.7 Å². The van der Waals surface area contributed by atoms with Crippen LogP contribution >= 0.6 is 0 Å². The summed E-state index contributed by atoms with van der Waals surface area (Å²) in [5, 5.41) is 3.47. The van der Waals surface area contributed by atoms with Gasteiger partial charge in [-0.25, -0.2) is 0 Å². The number of nitrogen functional groups attached to an aromatic ring is 1. The SMILES string of the molecule is CCN(CC)CCCC(C)Nc1cc(OC)ccc1N. The molecule has 3 N–H and O–H groups in total. The van der Waals surface area contributed by atoms with Crippen molar-refractivity contribution < 1.29 is 4.74 Å². The van der Waals surface area contributed by atoms with Crippen LogP contribution in [0.5, 0.6) is 5.75 Å². The maximum atomic E-state index is 5.99. The molecule has 0 aliphatic heterocycles. The summed E-state index contributed by atoms with van der Waals surface area (Å²) < 4.78 is 5.23. The fourth-order valence-corrected chi connectivity index (χ4v) is 2.29. The molecular weight excluding hydrogens is 250 g/mol. The summed E-state index contributed by atoms with van der Waals surface area (Å²) in [6.07, 6.45) is 2.33. The predicted molar refractivity (Wildman–Crippen MR) is 87.5 cm³/mol. The molecule has 1 aromatic rings. The molecule has 0 amide bonds. The maximum Gasteiger partial charge on any atom is 0.121 e. The first-order valence-corrected chi connectivity index (χ1v) is 7.53. The van der Waals surface area contributed by atoms with E-state index in [1.807, 2.05) is 18.2 Å². The van der Waals surface area contributed by atoms with E-state index in [1.54, 1.807) is 7.11 Å². The van der Waals surface area contributed by atoms with Gasteiger partial charge >= 0.3 is 0 Å². The Balaban J connectivity index is 2.44. The molecule has 1 atom stereocenters. The van der Waals surface area contributed by atoms with Gasteiger partial charge in [0.15, 0.2) is 0 Å². The van der Waals surface area contributed by atoms with Crippen LogP contribution in [0.25, 0.3) is 0 Å². The highest BCUT2D eigenvalue weighted by Crippen LogP contribution is 2.25. The average molecular weight is 279 g/mol. The van der Waals surface area contributed by atoms with Gasteiger partial charge in [0.1, 0.15) is 5.75 Å². The van der Waals surface area contributed by atoms with Crippen LogP contribution < -0.4 is 15.8 Å². The number of ether oxygens (including phenoxy) is 1. The fourth-order valence-electron chi connectivity index (χ4n) is 2.29. The third kappa shape index (κ3) is 5.29. The van der Waals surface area contributed by atoms with Gasteiger partial charge in [0.05, 0.1) is 18.5 Å². The number of nitrogens with zero attached hydrogens (tertiary/aromatic N) is 1. The van der Waals surface area contributed by atoms with Crippen LogP contribution in [0, 0.1) is 0 Å². The minimum absolute atomic E-state index is 0.403. The number of anilines is 2. The molecule has 1 unspecified atom stereocenters. The first-order valence-electron chi connectivity index (χ1n) is 7.53. The van der Waals surface area contributed by atoms with Gasteiger partial charge in [0.2, 0.25) is 0 Å². The lowest BCUT2D eigenvalue weighted by Crippen LogP contribution is -2.25. The number of methoxy groups -OCH3 is 1. The summed E-state index contributed by atoms with van der Waals surface area (Å²) in [6.45, 7) is 10.0. The Morgan fingerprint density at radius 1 is 1.30 bits per heavy atom. The zero-order valence-corrected chi connectivity index (χ0v) is 13.3. The van der Waals surface area contributed by atoms with Crippen molar-refractivity contribution in [1.29, 1.82) is 0 Å². The molecule has 0 aliphatic rings. The highest BCUT2D eigenvalue weighted by atomic mass is 16.5. The van der Waals surface area contributed by atoms with Gasteiger partial charge in [-0.1, -0.05) is 13.8 Å². The van der Waals surface area contributed by atoms with Crippen LogP contribution in [0.2, 0.25) is 0 Å². The van der Waals surface area contributed by atoms with Crippen molar-refractivity contribution in [3.63, 3.8) is 0 Å². The number of nitrogens with one attached hydrogen (secondary N) is 1. The Morgan fingerprint density at radius 3 is 2.60 bits per heavy atom. The summed E-state index contributed by atoms with van der Waals surface area (Å²) in [5.74, 6) is 0.831. The Morgan fingerprint density at radius 2 is 2.00 bits per heavy atom. The zero-order chi connectivity index (χ0) is 15.0. The minimum atomic E-state index is 0.403. The van der Waals surface area contributed by atoms with Gasteiger partial charge in [0, 0.05) is 12.1 Å². The summed E-state index contributed by atoms with van der Waals surface area (Å²) in [6, 6.07) is 6.12. The van der Waals surface area contributed by atoms with Crippen molar-refractivity contribution in [1.82, 2.24) is 4.90 Å². The molecule has 0 spiro atoms. The van der Waals surface area contributed by atoms with E-state index < -0.39 is 0 Å². The first-order chi connectivity index (χ1) is 9.60. The summed E-state index contributed by atoms with van der Waals surface area (Å²) in [5.41, 5.74) is 7.71. The largest absolute Gasteiger partial charge is 0.497 e. The van der Waals surface area contributed by atoms with Crippen LogP contribution in [-0.4, -0.2) is 37.7 Å². The molecule has 0 bridgehead atoms. The summed E-state index contributed by atoms with van der Waals surface area (Å²) >= 11 is 0. The monoisotopic (exact) mass is 279 g/mol. The quantitative estimate of drug-likeness (QED) is 0.682. The van der Waals surface area contributed by atoms with Crippen molar-refractivity contribution >= 4 is 11.4 Å². The first kappa shape index (κ1) is 16.6. The standard InChI is InChI=1S/C16H29N3O/c1-5-19(6-2)11-7-8-13(3)18-16-12-14(20-4)9-10-15(16)17/h9-10,12-13,18H,5-8,11,17H2,1-4H3. The fraction of sp³-hybridized carbons (Fsp3) is 0.625. The normalized spacial score (nSPS) is 12.4. The van der Waals surface area contributed by atoms with Gasteiger partial charge in [-0.2, -0.15) is 0 Å². The molecule has 0 aliphatic carbocycles. The van der Waals surface area contributed by atoms with Crippen LogP contribution in [0.3, 0.4) is 0 Å². The van der Waals surface area contributed by atoms with Gasteiger partial charge in [0.25, 0.3) is 0 Å². The van der Waals surface area contributed by atoms with Crippen LogP contribution in [0.1, 0.15) is 33.6 Å². The molecule has 0 heterocycles. The smallest absolute Gasteiger partial charge is 0.121 e. The molecule has 0 fully saturated rings. The van der Waals surface area contributed by atoms with Gasteiger partial charge in [-0.15, -0.1) is 0 Å². The molecule has 114 valence electrons. The number of rotatable bonds is 9. The van der Waals surface area contributed by atoms with Crippen LogP contribution in [-0.2, 0) is 0 Å². The zero-order valence-electron chi connectivity index (χ0n) is 13.3. The van der Waals surface area contributed by atoms with Crippen LogP contribution in [0.4, 0.5) is 11.4 Å².